The normalized spacial score (nSPS) is 16.4. The number of rotatable bonds is 5. The SMILES string of the molecule is Clc1cccc(Cl)c1C1N(Cc2ccccc2)CCCN1Cc1ccccc1. The maximum Gasteiger partial charge on any atom is 0.0921 e. The third-order valence-electron chi connectivity index (χ3n) is 5.30. The number of halogens is 2. The van der Waals surface area contributed by atoms with Crippen LogP contribution in [0.15, 0.2) is 78.9 Å². The van der Waals surface area contributed by atoms with Crippen LogP contribution in [-0.2, 0) is 13.1 Å². The van der Waals surface area contributed by atoms with Gasteiger partial charge in [0.25, 0.3) is 0 Å². The van der Waals surface area contributed by atoms with Gasteiger partial charge in [0.1, 0.15) is 0 Å². The van der Waals surface area contributed by atoms with Gasteiger partial charge >= 0.3 is 0 Å². The van der Waals surface area contributed by atoms with Crippen molar-refractivity contribution in [2.45, 2.75) is 25.7 Å². The third-order valence-corrected chi connectivity index (χ3v) is 5.96. The van der Waals surface area contributed by atoms with Crippen LogP contribution in [0.1, 0.15) is 29.3 Å². The van der Waals surface area contributed by atoms with Gasteiger partial charge in [-0.3, -0.25) is 9.80 Å². The molecule has 1 fully saturated rings. The van der Waals surface area contributed by atoms with Crippen molar-refractivity contribution in [3.8, 4) is 0 Å². The summed E-state index contributed by atoms with van der Waals surface area (Å²) in [5, 5.41) is 1.46. The van der Waals surface area contributed by atoms with Crippen molar-refractivity contribution in [1.29, 1.82) is 0 Å². The quantitative estimate of drug-likeness (QED) is 0.479. The first-order valence-electron chi connectivity index (χ1n) is 9.72. The van der Waals surface area contributed by atoms with Crippen molar-refractivity contribution in [3.05, 3.63) is 106 Å². The maximum atomic E-state index is 6.66. The molecular weight excluding hydrogens is 387 g/mol. The standard InChI is InChI=1S/C24H24Cl2N2/c25-21-13-7-14-22(26)23(21)24-27(17-19-9-3-1-4-10-19)15-8-16-28(24)18-20-11-5-2-6-12-20/h1-7,9-14,24H,8,15-18H2. The van der Waals surface area contributed by atoms with Gasteiger partial charge in [-0.05, 0) is 29.7 Å². The van der Waals surface area contributed by atoms with Gasteiger partial charge in [-0.2, -0.15) is 0 Å². The Bertz CT molecular complexity index is 829. The molecule has 0 radical (unpaired) electrons. The summed E-state index contributed by atoms with van der Waals surface area (Å²) in [6.45, 7) is 3.79. The molecule has 1 heterocycles. The molecule has 0 aliphatic carbocycles. The van der Waals surface area contributed by atoms with E-state index in [0.29, 0.717) is 0 Å². The summed E-state index contributed by atoms with van der Waals surface area (Å²) < 4.78 is 0. The molecule has 0 N–H and O–H groups in total. The van der Waals surface area contributed by atoms with Crippen LogP contribution in [0, 0.1) is 0 Å². The molecular formula is C24H24Cl2N2. The molecule has 4 rings (SSSR count). The molecule has 1 saturated heterocycles. The Balaban J connectivity index is 1.70. The molecule has 28 heavy (non-hydrogen) atoms. The van der Waals surface area contributed by atoms with E-state index in [1.54, 1.807) is 0 Å². The lowest BCUT2D eigenvalue weighted by Crippen LogP contribution is -2.47. The van der Waals surface area contributed by atoms with E-state index >= 15 is 0 Å². The van der Waals surface area contributed by atoms with E-state index < -0.39 is 0 Å². The van der Waals surface area contributed by atoms with Crippen LogP contribution < -0.4 is 0 Å². The van der Waals surface area contributed by atoms with Crippen molar-refractivity contribution >= 4 is 23.2 Å². The second-order valence-electron chi connectivity index (χ2n) is 7.27. The number of hydrogen-bond acceptors (Lipinski definition) is 2. The van der Waals surface area contributed by atoms with Gasteiger partial charge in [-0.15, -0.1) is 0 Å². The van der Waals surface area contributed by atoms with E-state index in [4.69, 9.17) is 23.2 Å². The van der Waals surface area contributed by atoms with Crippen molar-refractivity contribution in [2.24, 2.45) is 0 Å². The Hall–Kier alpha value is -1.84. The minimum Gasteiger partial charge on any atom is -0.280 e. The predicted molar refractivity (Wildman–Crippen MR) is 118 cm³/mol. The largest absolute Gasteiger partial charge is 0.280 e. The summed E-state index contributed by atoms with van der Waals surface area (Å²) in [5.41, 5.74) is 3.62. The average Bonchev–Trinajstić information content (AvgIpc) is 2.71. The molecule has 1 aliphatic heterocycles. The summed E-state index contributed by atoms with van der Waals surface area (Å²) in [5.74, 6) is 0. The van der Waals surface area contributed by atoms with Crippen LogP contribution in [0.25, 0.3) is 0 Å². The van der Waals surface area contributed by atoms with Gasteiger partial charge in [0.2, 0.25) is 0 Å². The Kier molecular flexibility index (Phi) is 6.33. The lowest BCUT2D eigenvalue weighted by molar-refractivity contribution is -0.00896. The maximum absolute atomic E-state index is 6.66. The number of nitrogens with zero attached hydrogens (tertiary/aromatic N) is 2. The van der Waals surface area contributed by atoms with E-state index in [-0.39, 0.29) is 6.17 Å². The third kappa shape index (κ3) is 4.42. The van der Waals surface area contributed by atoms with Crippen LogP contribution in [0.3, 0.4) is 0 Å². The summed E-state index contributed by atoms with van der Waals surface area (Å²) >= 11 is 13.3. The van der Waals surface area contributed by atoms with Gasteiger partial charge in [-0.25, -0.2) is 0 Å². The summed E-state index contributed by atoms with van der Waals surface area (Å²) in [6, 6.07) is 27.0. The van der Waals surface area contributed by atoms with Crippen molar-refractivity contribution in [3.63, 3.8) is 0 Å². The zero-order valence-corrected chi connectivity index (χ0v) is 17.3. The highest BCUT2D eigenvalue weighted by Crippen LogP contribution is 2.39. The summed E-state index contributed by atoms with van der Waals surface area (Å²) in [4.78, 5) is 4.99. The fourth-order valence-corrected chi connectivity index (χ4v) is 4.63. The molecule has 0 amide bonds. The van der Waals surface area contributed by atoms with Crippen LogP contribution in [-0.4, -0.2) is 22.9 Å². The molecule has 0 bridgehead atoms. The smallest absolute Gasteiger partial charge is 0.0921 e. The van der Waals surface area contributed by atoms with Crippen molar-refractivity contribution in [1.82, 2.24) is 9.80 Å². The number of benzene rings is 3. The average molecular weight is 411 g/mol. The minimum absolute atomic E-state index is 0.0513. The number of hydrogen-bond donors (Lipinski definition) is 0. The van der Waals surface area contributed by atoms with E-state index in [1.165, 1.54) is 11.1 Å². The van der Waals surface area contributed by atoms with E-state index in [2.05, 4.69) is 70.5 Å². The molecule has 0 aromatic heterocycles. The van der Waals surface area contributed by atoms with Gasteiger partial charge in [0.15, 0.2) is 0 Å². The predicted octanol–water partition coefficient (Wildman–Crippen LogP) is 6.40. The molecule has 1 aliphatic rings. The van der Waals surface area contributed by atoms with Gasteiger partial charge in [0.05, 0.1) is 6.17 Å². The lowest BCUT2D eigenvalue weighted by Gasteiger charge is -2.45. The summed E-state index contributed by atoms with van der Waals surface area (Å²) in [7, 11) is 0. The fraction of sp³-hybridized carbons (Fsp3) is 0.250. The second kappa shape index (κ2) is 9.11. The van der Waals surface area contributed by atoms with Crippen LogP contribution in [0.4, 0.5) is 0 Å². The monoisotopic (exact) mass is 410 g/mol. The Morgan fingerprint density at radius 3 is 1.57 bits per heavy atom. The zero-order chi connectivity index (χ0) is 19.3. The van der Waals surface area contributed by atoms with Crippen LogP contribution in [0.5, 0.6) is 0 Å². The van der Waals surface area contributed by atoms with Crippen LogP contribution in [0.2, 0.25) is 10.0 Å². The molecule has 0 atom stereocenters. The summed E-state index contributed by atoms with van der Waals surface area (Å²) in [6.07, 6.45) is 1.17. The first kappa shape index (κ1) is 19.5. The zero-order valence-electron chi connectivity index (χ0n) is 15.8. The minimum atomic E-state index is 0.0513. The highest BCUT2D eigenvalue weighted by atomic mass is 35.5. The van der Waals surface area contributed by atoms with Gasteiger partial charge in [0, 0.05) is 41.8 Å². The topological polar surface area (TPSA) is 6.48 Å². The first-order valence-corrected chi connectivity index (χ1v) is 10.5. The molecule has 0 unspecified atom stereocenters. The Morgan fingerprint density at radius 1 is 0.643 bits per heavy atom. The van der Waals surface area contributed by atoms with Crippen LogP contribution >= 0.6 is 23.2 Å². The van der Waals surface area contributed by atoms with Crippen molar-refractivity contribution in [2.75, 3.05) is 13.1 Å². The molecule has 3 aromatic rings. The fourth-order valence-electron chi connectivity index (χ4n) is 4.04. The molecule has 0 spiro atoms. The lowest BCUT2D eigenvalue weighted by atomic mass is 10.0. The van der Waals surface area contributed by atoms with Gasteiger partial charge < -0.3 is 0 Å². The molecule has 144 valence electrons. The highest BCUT2D eigenvalue weighted by molar-refractivity contribution is 6.36. The highest BCUT2D eigenvalue weighted by Gasteiger charge is 2.33. The second-order valence-corrected chi connectivity index (χ2v) is 8.09. The van der Waals surface area contributed by atoms with E-state index in [1.807, 2.05) is 18.2 Å². The molecule has 2 nitrogen and oxygen atoms in total. The van der Waals surface area contributed by atoms with E-state index in [9.17, 15) is 0 Å². The van der Waals surface area contributed by atoms with Gasteiger partial charge in [-0.1, -0.05) is 89.9 Å². The Morgan fingerprint density at radius 2 is 1.11 bits per heavy atom. The molecule has 3 aromatic carbocycles. The van der Waals surface area contributed by atoms with Crippen molar-refractivity contribution < 1.29 is 0 Å². The molecule has 4 heteroatoms. The Labute approximate surface area is 177 Å². The van der Waals surface area contributed by atoms with E-state index in [0.717, 1.165) is 48.2 Å². The first-order chi connectivity index (χ1) is 13.7. The molecule has 0 saturated carbocycles.